The second kappa shape index (κ2) is 6.24. The molecular formula is C17H28N6. The Morgan fingerprint density at radius 3 is 2.30 bits per heavy atom. The molecular weight excluding hydrogens is 288 g/mol. The van der Waals surface area contributed by atoms with Crippen molar-refractivity contribution in [3.8, 4) is 0 Å². The maximum absolute atomic E-state index is 4.53. The highest BCUT2D eigenvalue weighted by Crippen LogP contribution is 2.40. The Hall–Kier alpha value is -1.40. The van der Waals surface area contributed by atoms with Gasteiger partial charge < -0.3 is 20.0 Å². The summed E-state index contributed by atoms with van der Waals surface area (Å²) < 4.78 is 0. The lowest BCUT2D eigenvalue weighted by atomic mass is 9.72. The summed E-state index contributed by atoms with van der Waals surface area (Å²) in [5.74, 6) is 2.20. The number of anilines is 2. The summed E-state index contributed by atoms with van der Waals surface area (Å²) in [6, 6.07) is 2.19. The first-order valence-electron chi connectivity index (χ1n) is 9.03. The van der Waals surface area contributed by atoms with Gasteiger partial charge in [-0.3, -0.25) is 0 Å². The van der Waals surface area contributed by atoms with Crippen LogP contribution in [-0.2, 0) is 0 Å². The third-order valence-electron chi connectivity index (χ3n) is 5.82. The van der Waals surface area contributed by atoms with Crippen LogP contribution in [0.1, 0.15) is 19.8 Å². The van der Waals surface area contributed by atoms with Gasteiger partial charge in [-0.25, -0.2) is 9.97 Å². The molecule has 3 aliphatic rings. The van der Waals surface area contributed by atoms with Crippen molar-refractivity contribution in [3.05, 3.63) is 12.4 Å². The van der Waals surface area contributed by atoms with E-state index in [1.807, 2.05) is 0 Å². The number of piperazine rings is 1. The van der Waals surface area contributed by atoms with Gasteiger partial charge in [-0.05, 0) is 32.5 Å². The highest BCUT2D eigenvalue weighted by molar-refractivity contribution is 5.52. The summed E-state index contributed by atoms with van der Waals surface area (Å²) in [6.07, 6.45) is 4.35. The van der Waals surface area contributed by atoms with E-state index < -0.39 is 0 Å². The van der Waals surface area contributed by atoms with Gasteiger partial charge in [-0.15, -0.1) is 0 Å². The lowest BCUT2D eigenvalue weighted by Crippen LogP contribution is -2.60. The maximum Gasteiger partial charge on any atom is 0.134 e. The number of aromatic nitrogens is 2. The van der Waals surface area contributed by atoms with E-state index in [0.717, 1.165) is 57.4 Å². The number of hydrogen-bond acceptors (Lipinski definition) is 6. The first-order chi connectivity index (χ1) is 11.3. The number of likely N-dealkylation sites (N-methyl/N-ethyl adjacent to an activating group) is 1. The molecule has 126 valence electrons. The Kier molecular flexibility index (Phi) is 4.11. The number of rotatable bonds is 3. The van der Waals surface area contributed by atoms with E-state index in [9.17, 15) is 0 Å². The number of nitrogens with zero attached hydrogens (tertiary/aromatic N) is 5. The molecule has 4 heterocycles. The van der Waals surface area contributed by atoms with E-state index in [-0.39, 0.29) is 0 Å². The number of piperidine rings is 1. The van der Waals surface area contributed by atoms with Crippen molar-refractivity contribution in [2.75, 3.05) is 68.7 Å². The summed E-state index contributed by atoms with van der Waals surface area (Å²) >= 11 is 0. The molecule has 6 heteroatoms. The van der Waals surface area contributed by atoms with Crippen LogP contribution in [0.4, 0.5) is 11.6 Å². The van der Waals surface area contributed by atoms with Crippen molar-refractivity contribution in [1.82, 2.24) is 20.2 Å². The van der Waals surface area contributed by atoms with E-state index in [4.69, 9.17) is 0 Å². The van der Waals surface area contributed by atoms with Crippen LogP contribution in [0.25, 0.3) is 0 Å². The van der Waals surface area contributed by atoms with Gasteiger partial charge in [0.2, 0.25) is 0 Å². The Morgan fingerprint density at radius 1 is 1.00 bits per heavy atom. The highest BCUT2D eigenvalue weighted by atomic mass is 15.3. The van der Waals surface area contributed by atoms with Gasteiger partial charge in [0, 0.05) is 50.7 Å². The second-order valence-electron chi connectivity index (χ2n) is 7.26. The molecule has 0 unspecified atom stereocenters. The molecule has 4 rings (SSSR count). The molecule has 1 aromatic rings. The van der Waals surface area contributed by atoms with Crippen LogP contribution in [0.2, 0.25) is 0 Å². The van der Waals surface area contributed by atoms with Crippen LogP contribution in [0.3, 0.4) is 0 Å². The van der Waals surface area contributed by atoms with Crippen LogP contribution in [0, 0.1) is 5.41 Å². The normalized spacial score (nSPS) is 24.7. The fraction of sp³-hybridized carbons (Fsp3) is 0.765. The Balaban J connectivity index is 1.39. The first-order valence-corrected chi connectivity index (χ1v) is 9.03. The fourth-order valence-electron chi connectivity index (χ4n) is 4.18. The zero-order chi connectivity index (χ0) is 15.7. The Bertz CT molecular complexity index is 526. The molecule has 3 aliphatic heterocycles. The molecule has 0 amide bonds. The standard InChI is InChI=1S/C17H28N6/c1-2-21-7-9-22(10-8-21)15-11-16(20-14-19-15)23-12-17(13-23)3-5-18-6-4-17/h11,14,18H,2-10,12-13H2,1H3. The highest BCUT2D eigenvalue weighted by Gasteiger charge is 2.44. The van der Waals surface area contributed by atoms with Crippen LogP contribution in [-0.4, -0.2) is 73.8 Å². The monoisotopic (exact) mass is 316 g/mol. The topological polar surface area (TPSA) is 47.5 Å². The summed E-state index contributed by atoms with van der Waals surface area (Å²) in [4.78, 5) is 16.4. The van der Waals surface area contributed by atoms with E-state index in [2.05, 4.69) is 43.0 Å². The fourth-order valence-corrected chi connectivity index (χ4v) is 4.18. The molecule has 3 saturated heterocycles. The van der Waals surface area contributed by atoms with Crippen LogP contribution >= 0.6 is 0 Å². The Morgan fingerprint density at radius 2 is 1.65 bits per heavy atom. The van der Waals surface area contributed by atoms with Crippen molar-refractivity contribution in [3.63, 3.8) is 0 Å². The van der Waals surface area contributed by atoms with Gasteiger partial charge in [-0.2, -0.15) is 0 Å². The third kappa shape index (κ3) is 3.02. The van der Waals surface area contributed by atoms with Gasteiger partial charge in [0.05, 0.1) is 0 Å². The number of nitrogens with one attached hydrogen (secondary N) is 1. The molecule has 1 N–H and O–H groups in total. The largest absolute Gasteiger partial charge is 0.355 e. The van der Waals surface area contributed by atoms with E-state index in [1.54, 1.807) is 6.33 Å². The lowest BCUT2D eigenvalue weighted by Gasteiger charge is -2.53. The average molecular weight is 316 g/mol. The first kappa shape index (κ1) is 15.1. The van der Waals surface area contributed by atoms with E-state index >= 15 is 0 Å². The molecule has 6 nitrogen and oxygen atoms in total. The Labute approximate surface area is 138 Å². The zero-order valence-electron chi connectivity index (χ0n) is 14.2. The van der Waals surface area contributed by atoms with Crippen LogP contribution < -0.4 is 15.1 Å². The van der Waals surface area contributed by atoms with Crippen LogP contribution in [0.5, 0.6) is 0 Å². The maximum atomic E-state index is 4.53. The van der Waals surface area contributed by atoms with Crippen molar-refractivity contribution in [2.24, 2.45) is 5.41 Å². The molecule has 0 aromatic carbocycles. The minimum Gasteiger partial charge on any atom is -0.355 e. The smallest absolute Gasteiger partial charge is 0.134 e. The predicted octanol–water partition coefficient (Wildman–Crippen LogP) is 0.808. The molecule has 1 spiro atoms. The molecule has 0 bridgehead atoms. The van der Waals surface area contributed by atoms with Crippen molar-refractivity contribution in [1.29, 1.82) is 0 Å². The van der Waals surface area contributed by atoms with Gasteiger partial charge in [-0.1, -0.05) is 6.92 Å². The molecule has 1 aromatic heterocycles. The molecule has 23 heavy (non-hydrogen) atoms. The van der Waals surface area contributed by atoms with Crippen molar-refractivity contribution >= 4 is 11.6 Å². The SMILES string of the molecule is CCN1CCN(c2cc(N3CC4(CCNCC4)C3)ncn2)CC1. The van der Waals surface area contributed by atoms with Gasteiger partial charge in [0.15, 0.2) is 0 Å². The lowest BCUT2D eigenvalue weighted by molar-refractivity contribution is 0.149. The predicted molar refractivity (Wildman–Crippen MR) is 93.1 cm³/mol. The second-order valence-corrected chi connectivity index (χ2v) is 7.26. The number of hydrogen-bond donors (Lipinski definition) is 1. The van der Waals surface area contributed by atoms with Crippen LogP contribution in [0.15, 0.2) is 12.4 Å². The van der Waals surface area contributed by atoms with Gasteiger partial charge >= 0.3 is 0 Å². The minimum absolute atomic E-state index is 0.545. The summed E-state index contributed by atoms with van der Waals surface area (Å²) in [7, 11) is 0. The van der Waals surface area contributed by atoms with Crippen molar-refractivity contribution < 1.29 is 0 Å². The molecule has 0 atom stereocenters. The van der Waals surface area contributed by atoms with E-state index in [1.165, 1.54) is 25.9 Å². The molecule has 0 aliphatic carbocycles. The quantitative estimate of drug-likeness (QED) is 0.890. The summed E-state index contributed by atoms with van der Waals surface area (Å²) in [6.45, 7) is 12.5. The zero-order valence-corrected chi connectivity index (χ0v) is 14.2. The minimum atomic E-state index is 0.545. The average Bonchev–Trinajstić information content (AvgIpc) is 2.60. The van der Waals surface area contributed by atoms with Gasteiger partial charge in [0.25, 0.3) is 0 Å². The molecule has 0 radical (unpaired) electrons. The van der Waals surface area contributed by atoms with Gasteiger partial charge in [0.1, 0.15) is 18.0 Å². The van der Waals surface area contributed by atoms with E-state index in [0.29, 0.717) is 5.41 Å². The third-order valence-corrected chi connectivity index (χ3v) is 5.82. The van der Waals surface area contributed by atoms with Crippen molar-refractivity contribution in [2.45, 2.75) is 19.8 Å². The summed E-state index contributed by atoms with van der Waals surface area (Å²) in [5, 5.41) is 3.47. The summed E-state index contributed by atoms with van der Waals surface area (Å²) in [5.41, 5.74) is 0.545. The molecule has 0 saturated carbocycles. The molecule has 3 fully saturated rings.